The van der Waals surface area contributed by atoms with Crippen LogP contribution in [0.3, 0.4) is 0 Å². The van der Waals surface area contributed by atoms with Crippen LogP contribution in [-0.4, -0.2) is 53.8 Å². The third-order valence-electron chi connectivity index (χ3n) is 5.89. The molecule has 1 aliphatic heterocycles. The van der Waals surface area contributed by atoms with Crippen molar-refractivity contribution >= 4 is 22.2 Å². The van der Waals surface area contributed by atoms with Gasteiger partial charge < -0.3 is 14.4 Å². The zero-order chi connectivity index (χ0) is 21.9. The molecule has 4 heterocycles. The van der Waals surface area contributed by atoms with E-state index < -0.39 is 0 Å². The lowest BCUT2D eigenvalue weighted by Crippen LogP contribution is -2.37. The summed E-state index contributed by atoms with van der Waals surface area (Å²) in [5.74, 6) is 0.754. The SMILES string of the molecule is COCCOc1ccn2c(-c3ccc4cccc(N5CCCC(N=O)C5)c4n3)cnc2c1. The highest BCUT2D eigenvalue weighted by Crippen LogP contribution is 2.31. The molecule has 0 N–H and O–H groups in total. The van der Waals surface area contributed by atoms with Crippen LogP contribution in [0.2, 0.25) is 0 Å². The summed E-state index contributed by atoms with van der Waals surface area (Å²) in [6.45, 7) is 2.57. The minimum absolute atomic E-state index is 0.165. The molecule has 32 heavy (non-hydrogen) atoms. The number of nitrogens with zero attached hydrogens (tertiary/aromatic N) is 5. The largest absolute Gasteiger partial charge is 0.491 e. The first-order chi connectivity index (χ1) is 15.8. The highest BCUT2D eigenvalue weighted by atomic mass is 16.5. The number of methoxy groups -OCH3 is 1. The van der Waals surface area contributed by atoms with Gasteiger partial charge in [-0.1, -0.05) is 23.4 Å². The van der Waals surface area contributed by atoms with Gasteiger partial charge in [-0.05, 0) is 31.0 Å². The number of piperidine rings is 1. The Kier molecular flexibility index (Phi) is 5.68. The Morgan fingerprint density at radius 3 is 3.00 bits per heavy atom. The Labute approximate surface area is 185 Å². The van der Waals surface area contributed by atoms with Crippen molar-refractivity contribution in [1.29, 1.82) is 0 Å². The number of para-hydroxylation sites is 1. The lowest BCUT2D eigenvalue weighted by Gasteiger charge is -2.31. The summed E-state index contributed by atoms with van der Waals surface area (Å²) in [6, 6.07) is 13.9. The van der Waals surface area contributed by atoms with Crippen LogP contribution in [0.1, 0.15) is 12.8 Å². The molecule has 0 saturated carbocycles. The number of imidazole rings is 1. The molecule has 1 saturated heterocycles. The van der Waals surface area contributed by atoms with Crippen LogP contribution >= 0.6 is 0 Å². The van der Waals surface area contributed by atoms with Crippen molar-refractivity contribution in [2.24, 2.45) is 5.18 Å². The summed E-state index contributed by atoms with van der Waals surface area (Å²) in [7, 11) is 1.65. The van der Waals surface area contributed by atoms with E-state index in [-0.39, 0.29) is 6.04 Å². The quantitative estimate of drug-likeness (QED) is 0.320. The smallest absolute Gasteiger partial charge is 0.140 e. The first kappa shape index (κ1) is 20.4. The molecule has 0 aliphatic carbocycles. The molecule has 164 valence electrons. The molecule has 3 aromatic heterocycles. The van der Waals surface area contributed by atoms with Gasteiger partial charge >= 0.3 is 0 Å². The summed E-state index contributed by atoms with van der Waals surface area (Å²) < 4.78 is 12.7. The molecule has 0 spiro atoms. The van der Waals surface area contributed by atoms with E-state index in [2.05, 4.69) is 33.3 Å². The summed E-state index contributed by atoms with van der Waals surface area (Å²) >= 11 is 0. The lowest BCUT2D eigenvalue weighted by molar-refractivity contribution is 0.146. The summed E-state index contributed by atoms with van der Waals surface area (Å²) in [4.78, 5) is 22.9. The Morgan fingerprint density at radius 2 is 2.12 bits per heavy atom. The molecular formula is C24H25N5O3. The van der Waals surface area contributed by atoms with Gasteiger partial charge in [-0.15, -0.1) is 0 Å². The van der Waals surface area contributed by atoms with E-state index in [0.29, 0.717) is 19.8 Å². The van der Waals surface area contributed by atoms with Gasteiger partial charge in [0.25, 0.3) is 0 Å². The van der Waals surface area contributed by atoms with Gasteiger partial charge in [0.1, 0.15) is 24.0 Å². The van der Waals surface area contributed by atoms with E-state index in [1.165, 1.54) is 0 Å². The van der Waals surface area contributed by atoms with Crippen molar-refractivity contribution in [2.45, 2.75) is 18.9 Å². The number of benzene rings is 1. The second kappa shape index (κ2) is 8.92. The van der Waals surface area contributed by atoms with Crippen molar-refractivity contribution in [2.75, 3.05) is 38.3 Å². The molecule has 8 heteroatoms. The van der Waals surface area contributed by atoms with Crippen molar-refractivity contribution in [1.82, 2.24) is 14.4 Å². The Morgan fingerprint density at radius 1 is 1.19 bits per heavy atom. The zero-order valence-corrected chi connectivity index (χ0v) is 18.0. The molecule has 0 amide bonds. The predicted molar refractivity (Wildman–Crippen MR) is 124 cm³/mol. The average molecular weight is 431 g/mol. The molecule has 1 fully saturated rings. The lowest BCUT2D eigenvalue weighted by atomic mass is 10.0. The third-order valence-corrected chi connectivity index (χ3v) is 5.89. The molecule has 1 atom stereocenters. The Bertz CT molecular complexity index is 1260. The maximum Gasteiger partial charge on any atom is 0.140 e. The van der Waals surface area contributed by atoms with E-state index in [0.717, 1.165) is 58.8 Å². The monoisotopic (exact) mass is 431 g/mol. The van der Waals surface area contributed by atoms with Crippen molar-refractivity contribution in [3.63, 3.8) is 0 Å². The van der Waals surface area contributed by atoms with Crippen LogP contribution in [-0.2, 0) is 4.74 Å². The van der Waals surface area contributed by atoms with Crippen LogP contribution in [0.15, 0.2) is 60.0 Å². The van der Waals surface area contributed by atoms with Crippen LogP contribution in [0, 0.1) is 4.91 Å². The second-order valence-corrected chi connectivity index (χ2v) is 7.97. The molecule has 4 aromatic rings. The topological polar surface area (TPSA) is 81.3 Å². The zero-order valence-electron chi connectivity index (χ0n) is 18.0. The Balaban J connectivity index is 1.51. The summed E-state index contributed by atoms with van der Waals surface area (Å²) in [6.07, 6.45) is 5.58. The summed E-state index contributed by atoms with van der Waals surface area (Å²) in [5.41, 5.74) is 4.51. The highest BCUT2D eigenvalue weighted by Gasteiger charge is 2.22. The minimum atomic E-state index is -0.165. The predicted octanol–water partition coefficient (Wildman–Crippen LogP) is 4.31. The number of pyridine rings is 2. The Hall–Kier alpha value is -3.52. The fourth-order valence-electron chi connectivity index (χ4n) is 4.27. The fourth-order valence-corrected chi connectivity index (χ4v) is 4.27. The molecule has 8 nitrogen and oxygen atoms in total. The van der Waals surface area contributed by atoms with Gasteiger partial charge in [0.15, 0.2) is 0 Å². The molecule has 5 rings (SSSR count). The van der Waals surface area contributed by atoms with E-state index in [9.17, 15) is 4.91 Å². The molecule has 1 unspecified atom stereocenters. The number of anilines is 1. The number of fused-ring (bicyclic) bond motifs is 2. The number of rotatable bonds is 7. The van der Waals surface area contributed by atoms with E-state index in [1.807, 2.05) is 41.1 Å². The van der Waals surface area contributed by atoms with Crippen LogP contribution in [0.4, 0.5) is 5.69 Å². The molecule has 0 radical (unpaired) electrons. The van der Waals surface area contributed by atoms with Crippen LogP contribution in [0.25, 0.3) is 27.9 Å². The van der Waals surface area contributed by atoms with Gasteiger partial charge in [-0.3, -0.25) is 4.40 Å². The van der Waals surface area contributed by atoms with Gasteiger partial charge in [0, 0.05) is 37.8 Å². The maximum absolute atomic E-state index is 11.1. The third kappa shape index (κ3) is 3.89. The van der Waals surface area contributed by atoms with Crippen molar-refractivity contribution in [3.8, 4) is 17.1 Å². The molecular weight excluding hydrogens is 406 g/mol. The van der Waals surface area contributed by atoms with E-state index >= 15 is 0 Å². The van der Waals surface area contributed by atoms with E-state index in [1.54, 1.807) is 7.11 Å². The molecule has 0 bridgehead atoms. The number of hydrogen-bond donors (Lipinski definition) is 0. The number of hydrogen-bond acceptors (Lipinski definition) is 7. The standard InChI is InChI=1S/C24H25N5O3/c1-31-12-13-32-19-9-11-29-22(15-25-23(29)14-19)20-8-7-17-4-2-6-21(24(17)26-20)28-10-3-5-18(16-28)27-30/h2,4,6-9,11,14-15,18H,3,5,10,12-13,16H2,1H3. The normalized spacial score (nSPS) is 16.5. The van der Waals surface area contributed by atoms with Gasteiger partial charge in [-0.2, -0.15) is 4.91 Å². The molecule has 1 aromatic carbocycles. The number of aromatic nitrogens is 3. The minimum Gasteiger partial charge on any atom is -0.491 e. The van der Waals surface area contributed by atoms with Gasteiger partial charge in [0.2, 0.25) is 0 Å². The molecule has 1 aliphatic rings. The van der Waals surface area contributed by atoms with Crippen molar-refractivity contribution < 1.29 is 9.47 Å². The first-order valence-electron chi connectivity index (χ1n) is 10.8. The van der Waals surface area contributed by atoms with Crippen molar-refractivity contribution in [3.05, 3.63) is 59.8 Å². The van der Waals surface area contributed by atoms with Gasteiger partial charge in [0.05, 0.1) is 35.4 Å². The number of ether oxygens (including phenoxy) is 2. The average Bonchev–Trinajstić information content (AvgIpc) is 3.27. The second-order valence-electron chi connectivity index (χ2n) is 7.97. The number of nitroso groups, excluding NO2 is 1. The van der Waals surface area contributed by atoms with Crippen LogP contribution in [0.5, 0.6) is 5.75 Å². The summed E-state index contributed by atoms with van der Waals surface area (Å²) in [5, 5.41) is 4.35. The van der Waals surface area contributed by atoms with Gasteiger partial charge in [-0.25, -0.2) is 9.97 Å². The highest BCUT2D eigenvalue weighted by molar-refractivity contribution is 5.92. The van der Waals surface area contributed by atoms with Crippen LogP contribution < -0.4 is 9.64 Å². The fraction of sp³-hybridized carbons (Fsp3) is 0.333. The maximum atomic E-state index is 11.1. The first-order valence-corrected chi connectivity index (χ1v) is 10.8. The van der Waals surface area contributed by atoms with E-state index in [4.69, 9.17) is 14.5 Å².